The van der Waals surface area contributed by atoms with Crippen molar-refractivity contribution in [2.24, 2.45) is 14.1 Å². The lowest BCUT2D eigenvalue weighted by atomic mass is 10.0. The lowest BCUT2D eigenvalue weighted by molar-refractivity contribution is -0.116. The number of carbonyl (C=O) groups is 1. The van der Waals surface area contributed by atoms with E-state index in [0.29, 0.717) is 0 Å². The first-order valence-corrected chi connectivity index (χ1v) is 6.90. The SMILES string of the molecule is Cn1c2c(c(=O)n(C)c1=O)NC(c1ccccc1)CC(=O)N2. The van der Waals surface area contributed by atoms with Crippen LogP contribution in [0.3, 0.4) is 0 Å². The number of benzene rings is 1. The smallest absolute Gasteiger partial charge is 0.332 e. The molecular formula is C15H16N4O3. The van der Waals surface area contributed by atoms with Crippen LogP contribution in [0.2, 0.25) is 0 Å². The summed E-state index contributed by atoms with van der Waals surface area (Å²) in [6, 6.07) is 9.09. The molecule has 0 saturated carbocycles. The zero-order chi connectivity index (χ0) is 15.9. The summed E-state index contributed by atoms with van der Waals surface area (Å²) in [5.74, 6) is -0.0418. The maximum absolute atomic E-state index is 12.4. The number of anilines is 2. The van der Waals surface area contributed by atoms with Crippen molar-refractivity contribution in [1.82, 2.24) is 9.13 Å². The van der Waals surface area contributed by atoms with Gasteiger partial charge in [-0.05, 0) is 5.56 Å². The average Bonchev–Trinajstić information content (AvgIpc) is 2.71. The average molecular weight is 300 g/mol. The predicted molar refractivity (Wildman–Crippen MR) is 83.0 cm³/mol. The third-order valence-corrected chi connectivity index (χ3v) is 3.83. The lowest BCUT2D eigenvalue weighted by Crippen LogP contribution is -2.39. The Morgan fingerprint density at radius 3 is 2.41 bits per heavy atom. The highest BCUT2D eigenvalue weighted by Gasteiger charge is 2.26. The molecule has 1 aliphatic rings. The van der Waals surface area contributed by atoms with Gasteiger partial charge in [0.15, 0.2) is 0 Å². The second kappa shape index (κ2) is 5.18. The van der Waals surface area contributed by atoms with Gasteiger partial charge in [-0.3, -0.25) is 18.7 Å². The molecule has 2 N–H and O–H groups in total. The minimum atomic E-state index is -0.482. The van der Waals surface area contributed by atoms with E-state index in [-0.39, 0.29) is 29.9 Å². The number of nitrogens with one attached hydrogen (secondary N) is 2. The van der Waals surface area contributed by atoms with E-state index in [1.165, 1.54) is 18.7 Å². The van der Waals surface area contributed by atoms with Crippen LogP contribution in [-0.4, -0.2) is 15.0 Å². The fourth-order valence-corrected chi connectivity index (χ4v) is 2.60. The molecule has 1 unspecified atom stereocenters. The Hall–Kier alpha value is -2.83. The molecule has 114 valence electrons. The molecule has 1 aliphatic heterocycles. The molecule has 7 heteroatoms. The molecule has 0 fully saturated rings. The molecule has 0 radical (unpaired) electrons. The summed E-state index contributed by atoms with van der Waals surface area (Å²) in [7, 11) is 2.93. The van der Waals surface area contributed by atoms with Gasteiger partial charge < -0.3 is 10.6 Å². The molecular weight excluding hydrogens is 284 g/mol. The Kier molecular flexibility index (Phi) is 3.32. The summed E-state index contributed by atoms with van der Waals surface area (Å²) in [6.45, 7) is 0. The van der Waals surface area contributed by atoms with Crippen molar-refractivity contribution in [3.63, 3.8) is 0 Å². The molecule has 2 aromatic rings. The van der Waals surface area contributed by atoms with E-state index in [0.717, 1.165) is 10.1 Å². The summed E-state index contributed by atoms with van der Waals surface area (Å²) < 4.78 is 2.28. The van der Waals surface area contributed by atoms with Gasteiger partial charge in [0.25, 0.3) is 5.56 Å². The molecule has 0 bridgehead atoms. The van der Waals surface area contributed by atoms with Crippen molar-refractivity contribution in [3.05, 3.63) is 56.7 Å². The van der Waals surface area contributed by atoms with E-state index in [9.17, 15) is 14.4 Å². The van der Waals surface area contributed by atoms with Crippen LogP contribution in [0.4, 0.5) is 11.5 Å². The van der Waals surface area contributed by atoms with Gasteiger partial charge in [-0.2, -0.15) is 0 Å². The van der Waals surface area contributed by atoms with Gasteiger partial charge in [-0.1, -0.05) is 30.3 Å². The van der Waals surface area contributed by atoms with Gasteiger partial charge in [0.05, 0.1) is 12.5 Å². The van der Waals surface area contributed by atoms with Gasteiger partial charge in [-0.25, -0.2) is 4.79 Å². The van der Waals surface area contributed by atoms with Gasteiger partial charge in [0, 0.05) is 14.1 Å². The summed E-state index contributed by atoms with van der Waals surface area (Å²) in [5, 5.41) is 5.75. The largest absolute Gasteiger partial charge is 0.370 e. The van der Waals surface area contributed by atoms with Crippen molar-refractivity contribution < 1.29 is 4.79 Å². The Morgan fingerprint density at radius 1 is 1.05 bits per heavy atom. The molecule has 2 heterocycles. The van der Waals surface area contributed by atoms with Crippen LogP contribution in [0, 0.1) is 0 Å². The highest BCUT2D eigenvalue weighted by Crippen LogP contribution is 2.28. The molecule has 0 spiro atoms. The summed E-state index contributed by atoms with van der Waals surface area (Å²) >= 11 is 0. The third-order valence-electron chi connectivity index (χ3n) is 3.83. The summed E-state index contributed by atoms with van der Waals surface area (Å²) in [6.07, 6.45) is 0.177. The van der Waals surface area contributed by atoms with Crippen LogP contribution >= 0.6 is 0 Å². The fraction of sp³-hybridized carbons (Fsp3) is 0.267. The van der Waals surface area contributed by atoms with E-state index in [1.54, 1.807) is 0 Å². The number of rotatable bonds is 1. The summed E-state index contributed by atoms with van der Waals surface area (Å²) in [4.78, 5) is 36.5. The molecule has 0 saturated heterocycles. The number of hydrogen-bond donors (Lipinski definition) is 2. The predicted octanol–water partition coefficient (Wildman–Crippen LogP) is 0.579. The minimum Gasteiger partial charge on any atom is -0.370 e. The van der Waals surface area contributed by atoms with E-state index >= 15 is 0 Å². The van der Waals surface area contributed by atoms with E-state index in [4.69, 9.17) is 0 Å². The number of hydrogen-bond acceptors (Lipinski definition) is 4. The zero-order valence-electron chi connectivity index (χ0n) is 12.3. The van der Waals surface area contributed by atoms with Crippen LogP contribution in [0.5, 0.6) is 0 Å². The zero-order valence-corrected chi connectivity index (χ0v) is 12.3. The Morgan fingerprint density at radius 2 is 1.73 bits per heavy atom. The number of amides is 1. The van der Waals surface area contributed by atoms with E-state index in [1.807, 2.05) is 30.3 Å². The van der Waals surface area contributed by atoms with Gasteiger partial charge in [0.1, 0.15) is 11.5 Å². The standard InChI is InChI=1S/C15H16N4O3/c1-18-13-12(14(21)19(2)15(18)22)16-10(8-11(20)17-13)9-6-4-3-5-7-9/h3-7,10,16H,8H2,1-2H3,(H,17,20). The van der Waals surface area contributed by atoms with Crippen LogP contribution < -0.4 is 21.9 Å². The highest BCUT2D eigenvalue weighted by molar-refractivity contribution is 5.95. The first kappa shape index (κ1) is 14.1. The first-order valence-electron chi connectivity index (χ1n) is 6.90. The molecule has 1 atom stereocenters. The molecule has 7 nitrogen and oxygen atoms in total. The molecule has 0 aliphatic carbocycles. The van der Waals surface area contributed by atoms with Gasteiger partial charge >= 0.3 is 5.69 Å². The number of carbonyl (C=O) groups excluding carboxylic acids is 1. The monoisotopic (exact) mass is 300 g/mol. The molecule has 1 aromatic heterocycles. The Labute approximate surface area is 126 Å². The lowest BCUT2D eigenvalue weighted by Gasteiger charge is -2.17. The number of fused-ring (bicyclic) bond motifs is 1. The van der Waals surface area contributed by atoms with Crippen LogP contribution in [-0.2, 0) is 18.9 Å². The van der Waals surface area contributed by atoms with Crippen molar-refractivity contribution in [1.29, 1.82) is 0 Å². The van der Waals surface area contributed by atoms with E-state index < -0.39 is 11.2 Å². The quantitative estimate of drug-likeness (QED) is 0.807. The molecule has 3 rings (SSSR count). The van der Waals surface area contributed by atoms with Crippen molar-refractivity contribution in [3.8, 4) is 0 Å². The molecule has 22 heavy (non-hydrogen) atoms. The molecule has 1 aromatic carbocycles. The Balaban J connectivity index is 2.18. The Bertz CT molecular complexity index is 852. The normalized spacial score (nSPS) is 17.2. The number of aromatic nitrogens is 2. The fourth-order valence-electron chi connectivity index (χ4n) is 2.60. The van der Waals surface area contributed by atoms with Crippen molar-refractivity contribution in [2.75, 3.05) is 10.6 Å². The topological polar surface area (TPSA) is 85.1 Å². The summed E-state index contributed by atoms with van der Waals surface area (Å²) in [5.41, 5.74) is 0.191. The maximum atomic E-state index is 12.4. The minimum absolute atomic E-state index is 0.177. The number of nitrogens with zero attached hydrogens (tertiary/aromatic N) is 2. The highest BCUT2D eigenvalue weighted by atomic mass is 16.2. The second-order valence-corrected chi connectivity index (χ2v) is 5.29. The second-order valence-electron chi connectivity index (χ2n) is 5.29. The molecule has 1 amide bonds. The van der Waals surface area contributed by atoms with Gasteiger partial charge in [-0.15, -0.1) is 0 Å². The van der Waals surface area contributed by atoms with Crippen LogP contribution in [0.15, 0.2) is 39.9 Å². The third kappa shape index (κ3) is 2.20. The van der Waals surface area contributed by atoms with Crippen molar-refractivity contribution in [2.45, 2.75) is 12.5 Å². The van der Waals surface area contributed by atoms with Crippen molar-refractivity contribution >= 4 is 17.4 Å². The first-order chi connectivity index (χ1) is 10.5. The maximum Gasteiger partial charge on any atom is 0.332 e. The van der Waals surface area contributed by atoms with Crippen LogP contribution in [0.25, 0.3) is 0 Å². The van der Waals surface area contributed by atoms with Gasteiger partial charge in [0.2, 0.25) is 5.91 Å². The van der Waals surface area contributed by atoms with Crippen LogP contribution in [0.1, 0.15) is 18.0 Å². The van der Waals surface area contributed by atoms with E-state index in [2.05, 4.69) is 10.6 Å².